The summed E-state index contributed by atoms with van der Waals surface area (Å²) in [5, 5.41) is 3.43. The average Bonchev–Trinajstić information content (AvgIpc) is 2.55. The predicted molar refractivity (Wildman–Crippen MR) is 84.2 cm³/mol. The standard InChI is InChI=1S/C18H22N2O/c1-19-16(12-14-6-9-20-10-7-14)13-18-17-5-3-2-4-15(17)8-11-21-18/h2-7,9-10,16,18-19H,8,11-13H2,1H3. The van der Waals surface area contributed by atoms with Gasteiger partial charge in [-0.25, -0.2) is 0 Å². The summed E-state index contributed by atoms with van der Waals surface area (Å²) in [5.41, 5.74) is 4.11. The maximum atomic E-state index is 6.02. The molecule has 0 fully saturated rings. The summed E-state index contributed by atoms with van der Waals surface area (Å²) < 4.78 is 6.02. The SMILES string of the molecule is CNC(Cc1ccncc1)CC1OCCc2ccccc21. The first kappa shape index (κ1) is 14.2. The van der Waals surface area contributed by atoms with Crippen LogP contribution in [0.5, 0.6) is 0 Å². The van der Waals surface area contributed by atoms with Crippen LogP contribution in [0.3, 0.4) is 0 Å². The van der Waals surface area contributed by atoms with Crippen LogP contribution in [0.25, 0.3) is 0 Å². The van der Waals surface area contributed by atoms with Crippen molar-refractivity contribution in [3.05, 3.63) is 65.5 Å². The summed E-state index contributed by atoms with van der Waals surface area (Å²) >= 11 is 0. The molecule has 2 atom stereocenters. The van der Waals surface area contributed by atoms with Gasteiger partial charge in [0, 0.05) is 18.4 Å². The first-order valence-corrected chi connectivity index (χ1v) is 7.62. The molecule has 0 spiro atoms. The number of nitrogens with one attached hydrogen (secondary N) is 1. The van der Waals surface area contributed by atoms with Gasteiger partial charge in [-0.2, -0.15) is 0 Å². The third-order valence-corrected chi connectivity index (χ3v) is 4.23. The highest BCUT2D eigenvalue weighted by Crippen LogP contribution is 2.30. The Morgan fingerprint density at radius 1 is 1.24 bits per heavy atom. The second kappa shape index (κ2) is 6.83. The fourth-order valence-electron chi connectivity index (χ4n) is 3.04. The van der Waals surface area contributed by atoms with Crippen molar-refractivity contribution in [2.75, 3.05) is 13.7 Å². The average molecular weight is 282 g/mol. The van der Waals surface area contributed by atoms with Crippen LogP contribution in [-0.2, 0) is 17.6 Å². The molecule has 1 aromatic heterocycles. The highest BCUT2D eigenvalue weighted by atomic mass is 16.5. The largest absolute Gasteiger partial charge is 0.373 e. The number of pyridine rings is 1. The monoisotopic (exact) mass is 282 g/mol. The van der Waals surface area contributed by atoms with E-state index in [1.54, 1.807) is 0 Å². The van der Waals surface area contributed by atoms with E-state index in [9.17, 15) is 0 Å². The molecular weight excluding hydrogens is 260 g/mol. The third kappa shape index (κ3) is 3.49. The van der Waals surface area contributed by atoms with Crippen molar-refractivity contribution in [2.24, 2.45) is 0 Å². The smallest absolute Gasteiger partial charge is 0.0842 e. The van der Waals surface area contributed by atoms with Gasteiger partial charge in [0.15, 0.2) is 0 Å². The van der Waals surface area contributed by atoms with Crippen molar-refractivity contribution in [2.45, 2.75) is 31.4 Å². The zero-order chi connectivity index (χ0) is 14.5. The van der Waals surface area contributed by atoms with Crippen LogP contribution in [0.15, 0.2) is 48.8 Å². The summed E-state index contributed by atoms with van der Waals surface area (Å²) in [5.74, 6) is 0. The maximum absolute atomic E-state index is 6.02. The molecule has 2 aromatic rings. The molecule has 1 aromatic carbocycles. The summed E-state index contributed by atoms with van der Waals surface area (Å²) in [6, 6.07) is 13.2. The lowest BCUT2D eigenvalue weighted by Gasteiger charge is -2.29. The van der Waals surface area contributed by atoms with Gasteiger partial charge in [-0.3, -0.25) is 4.98 Å². The minimum Gasteiger partial charge on any atom is -0.373 e. The minimum absolute atomic E-state index is 0.203. The van der Waals surface area contributed by atoms with Gasteiger partial charge in [-0.1, -0.05) is 24.3 Å². The molecule has 1 aliphatic heterocycles. The fraction of sp³-hybridized carbons (Fsp3) is 0.389. The molecule has 0 radical (unpaired) electrons. The van der Waals surface area contributed by atoms with Gasteiger partial charge >= 0.3 is 0 Å². The first-order chi connectivity index (χ1) is 10.4. The number of nitrogens with zero attached hydrogens (tertiary/aromatic N) is 1. The van der Waals surface area contributed by atoms with Gasteiger partial charge in [0.05, 0.1) is 12.7 Å². The van der Waals surface area contributed by atoms with Gasteiger partial charge in [0.1, 0.15) is 0 Å². The molecule has 21 heavy (non-hydrogen) atoms. The van der Waals surface area contributed by atoms with Crippen molar-refractivity contribution in [1.29, 1.82) is 0 Å². The topological polar surface area (TPSA) is 34.2 Å². The van der Waals surface area contributed by atoms with Crippen LogP contribution in [0.2, 0.25) is 0 Å². The van der Waals surface area contributed by atoms with E-state index in [2.05, 4.69) is 46.7 Å². The quantitative estimate of drug-likeness (QED) is 0.915. The van der Waals surface area contributed by atoms with E-state index in [1.165, 1.54) is 16.7 Å². The Morgan fingerprint density at radius 3 is 2.86 bits per heavy atom. The van der Waals surface area contributed by atoms with Crippen LogP contribution in [0.1, 0.15) is 29.2 Å². The Kier molecular flexibility index (Phi) is 4.63. The Labute approximate surface area is 126 Å². The Hall–Kier alpha value is -1.71. The number of likely N-dealkylation sites (N-methyl/N-ethyl adjacent to an activating group) is 1. The molecule has 0 saturated carbocycles. The summed E-state index contributed by atoms with van der Waals surface area (Å²) in [6.45, 7) is 0.827. The lowest BCUT2D eigenvalue weighted by Crippen LogP contribution is -2.31. The van der Waals surface area contributed by atoms with Crippen LogP contribution in [-0.4, -0.2) is 24.7 Å². The second-order valence-corrected chi connectivity index (χ2v) is 5.59. The van der Waals surface area contributed by atoms with Crippen LogP contribution in [0, 0.1) is 0 Å². The van der Waals surface area contributed by atoms with E-state index in [0.717, 1.165) is 25.9 Å². The molecule has 3 rings (SSSR count). The van der Waals surface area contributed by atoms with Crippen LogP contribution < -0.4 is 5.32 Å². The Balaban J connectivity index is 1.70. The van der Waals surface area contributed by atoms with Crippen molar-refractivity contribution in [3.8, 4) is 0 Å². The summed E-state index contributed by atoms with van der Waals surface area (Å²) in [7, 11) is 2.03. The number of benzene rings is 1. The number of aromatic nitrogens is 1. The van der Waals surface area contributed by atoms with E-state index >= 15 is 0 Å². The molecule has 1 aliphatic rings. The van der Waals surface area contributed by atoms with Crippen LogP contribution in [0.4, 0.5) is 0 Å². The molecule has 1 N–H and O–H groups in total. The highest BCUT2D eigenvalue weighted by molar-refractivity contribution is 5.31. The molecule has 0 bridgehead atoms. The Morgan fingerprint density at radius 2 is 2.05 bits per heavy atom. The maximum Gasteiger partial charge on any atom is 0.0842 e. The molecule has 0 amide bonds. The second-order valence-electron chi connectivity index (χ2n) is 5.59. The van der Waals surface area contributed by atoms with Gasteiger partial charge in [0.2, 0.25) is 0 Å². The van der Waals surface area contributed by atoms with E-state index in [1.807, 2.05) is 19.4 Å². The first-order valence-electron chi connectivity index (χ1n) is 7.62. The lowest BCUT2D eigenvalue weighted by atomic mass is 9.92. The summed E-state index contributed by atoms with van der Waals surface area (Å²) in [4.78, 5) is 4.08. The fourth-order valence-corrected chi connectivity index (χ4v) is 3.04. The molecule has 0 saturated heterocycles. The van der Waals surface area contributed by atoms with Gasteiger partial charge in [-0.15, -0.1) is 0 Å². The predicted octanol–water partition coefficient (Wildman–Crippen LogP) is 2.92. The number of fused-ring (bicyclic) bond motifs is 1. The van der Waals surface area contributed by atoms with Gasteiger partial charge < -0.3 is 10.1 Å². The normalized spacial score (nSPS) is 19.0. The van der Waals surface area contributed by atoms with Crippen molar-refractivity contribution in [1.82, 2.24) is 10.3 Å². The van der Waals surface area contributed by atoms with Crippen LogP contribution >= 0.6 is 0 Å². The lowest BCUT2D eigenvalue weighted by molar-refractivity contribution is 0.0300. The summed E-state index contributed by atoms with van der Waals surface area (Å²) in [6.07, 6.45) is 6.94. The van der Waals surface area contributed by atoms with Crippen molar-refractivity contribution in [3.63, 3.8) is 0 Å². The molecule has 110 valence electrons. The van der Waals surface area contributed by atoms with Crippen molar-refractivity contribution >= 4 is 0 Å². The van der Waals surface area contributed by atoms with E-state index in [-0.39, 0.29) is 6.10 Å². The molecule has 2 unspecified atom stereocenters. The third-order valence-electron chi connectivity index (χ3n) is 4.23. The van der Waals surface area contributed by atoms with Crippen molar-refractivity contribution < 1.29 is 4.74 Å². The van der Waals surface area contributed by atoms with Gasteiger partial charge in [0.25, 0.3) is 0 Å². The molecular formula is C18H22N2O. The Bertz CT molecular complexity index is 570. The number of ether oxygens (including phenoxy) is 1. The van der Waals surface area contributed by atoms with E-state index in [0.29, 0.717) is 6.04 Å². The number of hydrogen-bond donors (Lipinski definition) is 1. The number of rotatable bonds is 5. The molecule has 0 aliphatic carbocycles. The van der Waals surface area contributed by atoms with Gasteiger partial charge in [-0.05, 0) is 55.1 Å². The van der Waals surface area contributed by atoms with E-state index in [4.69, 9.17) is 4.74 Å². The number of hydrogen-bond acceptors (Lipinski definition) is 3. The highest BCUT2D eigenvalue weighted by Gasteiger charge is 2.23. The zero-order valence-corrected chi connectivity index (χ0v) is 12.5. The molecule has 2 heterocycles. The molecule has 3 heteroatoms. The minimum atomic E-state index is 0.203. The van der Waals surface area contributed by atoms with E-state index < -0.39 is 0 Å². The molecule has 3 nitrogen and oxygen atoms in total. The zero-order valence-electron chi connectivity index (χ0n) is 12.5.